The summed E-state index contributed by atoms with van der Waals surface area (Å²) in [6, 6.07) is 8.00. The highest BCUT2D eigenvalue weighted by Gasteiger charge is 2.00. The number of nitrogens with zero attached hydrogens (tertiary/aromatic N) is 2. The molecule has 0 saturated heterocycles. The highest BCUT2D eigenvalue weighted by Crippen LogP contribution is 2.12. The smallest absolute Gasteiger partial charge is 0.215 e. The molecule has 5 heteroatoms. The van der Waals surface area contributed by atoms with E-state index in [4.69, 9.17) is 17.0 Å². The van der Waals surface area contributed by atoms with Gasteiger partial charge in [0.1, 0.15) is 11.6 Å². The molecule has 0 unspecified atom stereocenters. The lowest BCUT2D eigenvalue weighted by molar-refractivity contribution is 0.318. The minimum atomic E-state index is 0.565. The Balaban J connectivity index is 1.89. The van der Waals surface area contributed by atoms with Gasteiger partial charge in [-0.1, -0.05) is 12.1 Å². The van der Waals surface area contributed by atoms with Gasteiger partial charge in [-0.3, -0.25) is 9.78 Å². The summed E-state index contributed by atoms with van der Waals surface area (Å²) in [6.07, 6.45) is 0.721. The summed E-state index contributed by atoms with van der Waals surface area (Å²) in [5, 5.41) is 3.06. The Hall–Kier alpha value is -1.62. The van der Waals surface area contributed by atoms with Crippen molar-refractivity contribution < 1.29 is 4.74 Å². The number of benzene rings is 1. The van der Waals surface area contributed by atoms with Gasteiger partial charge in [-0.15, -0.1) is 0 Å². The van der Waals surface area contributed by atoms with Crippen molar-refractivity contribution in [3.8, 4) is 5.75 Å². The van der Waals surface area contributed by atoms with Crippen LogP contribution in [0.15, 0.2) is 24.3 Å². The number of aromatic nitrogens is 3. The fourth-order valence-corrected chi connectivity index (χ4v) is 1.70. The highest BCUT2D eigenvalue weighted by atomic mass is 32.1. The maximum atomic E-state index is 5.64. The summed E-state index contributed by atoms with van der Waals surface area (Å²) in [6.45, 7) is 2.63. The fourth-order valence-electron chi connectivity index (χ4n) is 1.54. The van der Waals surface area contributed by atoms with Crippen LogP contribution in [0.4, 0.5) is 0 Å². The minimum absolute atomic E-state index is 0.565. The molecule has 0 radical (unpaired) electrons. The number of H-pyrrole nitrogens is 1. The van der Waals surface area contributed by atoms with Gasteiger partial charge in [0.2, 0.25) is 4.77 Å². The molecule has 0 bridgehead atoms. The molecule has 1 aromatic heterocycles. The van der Waals surface area contributed by atoms with E-state index in [-0.39, 0.29) is 0 Å². The van der Waals surface area contributed by atoms with E-state index in [2.05, 4.69) is 10.1 Å². The first-order valence-corrected chi connectivity index (χ1v) is 5.87. The molecule has 0 saturated carbocycles. The monoisotopic (exact) mass is 249 g/mol. The number of nitrogens with one attached hydrogen (secondary N) is 1. The van der Waals surface area contributed by atoms with Gasteiger partial charge < -0.3 is 4.74 Å². The van der Waals surface area contributed by atoms with Crippen molar-refractivity contribution in [1.82, 2.24) is 14.8 Å². The Morgan fingerprint density at radius 2 is 2.29 bits per heavy atom. The first-order valence-electron chi connectivity index (χ1n) is 5.46. The van der Waals surface area contributed by atoms with E-state index in [0.29, 0.717) is 11.4 Å². The zero-order valence-electron chi connectivity index (χ0n) is 9.93. The molecule has 1 heterocycles. The third-order valence-electron chi connectivity index (χ3n) is 2.41. The number of rotatable bonds is 4. The Morgan fingerprint density at radius 1 is 1.47 bits per heavy atom. The number of aromatic amines is 1. The van der Waals surface area contributed by atoms with Crippen LogP contribution in [0.3, 0.4) is 0 Å². The predicted octanol–water partition coefficient (Wildman–Crippen LogP) is 2.41. The maximum absolute atomic E-state index is 5.64. The molecule has 17 heavy (non-hydrogen) atoms. The first-order chi connectivity index (χ1) is 8.15. The zero-order valence-corrected chi connectivity index (χ0v) is 10.8. The second-order valence-electron chi connectivity index (χ2n) is 3.93. The average Bonchev–Trinajstić information content (AvgIpc) is 2.58. The molecule has 0 atom stereocenters. The molecular formula is C12H15N3OS. The van der Waals surface area contributed by atoms with Crippen molar-refractivity contribution in [3.05, 3.63) is 40.4 Å². The molecule has 0 amide bonds. The van der Waals surface area contributed by atoms with Gasteiger partial charge in [0.05, 0.1) is 6.61 Å². The van der Waals surface area contributed by atoms with E-state index in [9.17, 15) is 0 Å². The van der Waals surface area contributed by atoms with Crippen molar-refractivity contribution >= 4 is 12.2 Å². The molecule has 0 aliphatic rings. The minimum Gasteiger partial charge on any atom is -0.493 e. The lowest BCUT2D eigenvalue weighted by Crippen LogP contribution is -2.03. The summed E-state index contributed by atoms with van der Waals surface area (Å²) in [4.78, 5) is 4.20. The first kappa shape index (κ1) is 11.9. The van der Waals surface area contributed by atoms with Crippen molar-refractivity contribution in [1.29, 1.82) is 0 Å². The second kappa shape index (κ2) is 5.14. The van der Waals surface area contributed by atoms with E-state index in [1.54, 1.807) is 4.68 Å². The Bertz CT molecular complexity index is 559. The molecule has 1 aromatic carbocycles. The Labute approximate surface area is 105 Å². The molecule has 0 aliphatic carbocycles. The Kier molecular flexibility index (Phi) is 3.58. The number of ether oxygens (including phenoxy) is 1. The second-order valence-corrected chi connectivity index (χ2v) is 4.29. The van der Waals surface area contributed by atoms with Crippen LogP contribution >= 0.6 is 12.2 Å². The van der Waals surface area contributed by atoms with Crippen LogP contribution in [0.1, 0.15) is 11.4 Å². The largest absolute Gasteiger partial charge is 0.493 e. The third-order valence-corrected chi connectivity index (χ3v) is 2.78. The van der Waals surface area contributed by atoms with E-state index < -0.39 is 0 Å². The quantitative estimate of drug-likeness (QED) is 0.846. The standard InChI is InChI=1S/C12H15N3OS/c1-9-4-3-5-10(8-9)16-7-6-11-13-12(17)15(2)14-11/h3-5,8H,6-7H2,1-2H3,(H,13,14,17). The van der Waals surface area contributed by atoms with Crippen LogP contribution in [0.25, 0.3) is 0 Å². The lowest BCUT2D eigenvalue weighted by atomic mass is 10.2. The lowest BCUT2D eigenvalue weighted by Gasteiger charge is -2.05. The van der Waals surface area contributed by atoms with Gasteiger partial charge in [0, 0.05) is 13.5 Å². The summed E-state index contributed by atoms with van der Waals surface area (Å²) < 4.78 is 7.92. The number of hydrogen-bond acceptors (Lipinski definition) is 3. The zero-order chi connectivity index (χ0) is 12.3. The molecule has 0 aliphatic heterocycles. The van der Waals surface area contributed by atoms with Crippen LogP contribution in [-0.4, -0.2) is 21.4 Å². The average molecular weight is 249 g/mol. The molecule has 0 spiro atoms. The van der Waals surface area contributed by atoms with E-state index in [0.717, 1.165) is 18.0 Å². The number of hydrogen-bond donors (Lipinski definition) is 1. The predicted molar refractivity (Wildman–Crippen MR) is 68.8 cm³/mol. The molecule has 0 fully saturated rings. The van der Waals surface area contributed by atoms with Crippen molar-refractivity contribution in [2.45, 2.75) is 13.3 Å². The molecule has 2 rings (SSSR count). The van der Waals surface area contributed by atoms with Crippen LogP contribution in [0.5, 0.6) is 5.75 Å². The van der Waals surface area contributed by atoms with E-state index in [1.807, 2.05) is 38.2 Å². The Morgan fingerprint density at radius 3 is 2.94 bits per heavy atom. The molecular weight excluding hydrogens is 234 g/mol. The van der Waals surface area contributed by atoms with Crippen LogP contribution in [-0.2, 0) is 13.5 Å². The van der Waals surface area contributed by atoms with Crippen LogP contribution in [0.2, 0.25) is 0 Å². The summed E-state index contributed by atoms with van der Waals surface area (Å²) >= 11 is 5.01. The number of aryl methyl sites for hydroxylation is 2. The van der Waals surface area contributed by atoms with E-state index in [1.165, 1.54) is 5.56 Å². The van der Waals surface area contributed by atoms with E-state index >= 15 is 0 Å². The van der Waals surface area contributed by atoms with Gasteiger partial charge >= 0.3 is 0 Å². The van der Waals surface area contributed by atoms with Gasteiger partial charge in [-0.2, -0.15) is 0 Å². The third kappa shape index (κ3) is 3.17. The van der Waals surface area contributed by atoms with Crippen molar-refractivity contribution in [3.63, 3.8) is 0 Å². The van der Waals surface area contributed by atoms with Crippen molar-refractivity contribution in [2.24, 2.45) is 7.05 Å². The van der Waals surface area contributed by atoms with Crippen LogP contribution in [0, 0.1) is 11.7 Å². The SMILES string of the molecule is Cc1cccc(OCCc2nc(=S)n(C)[nH]2)c1. The van der Waals surface area contributed by atoms with Gasteiger partial charge in [-0.05, 0) is 36.8 Å². The molecule has 90 valence electrons. The molecule has 2 aromatic rings. The van der Waals surface area contributed by atoms with Crippen molar-refractivity contribution in [2.75, 3.05) is 6.61 Å². The summed E-state index contributed by atoms with van der Waals surface area (Å²) in [7, 11) is 1.85. The highest BCUT2D eigenvalue weighted by molar-refractivity contribution is 7.71. The molecule has 1 N–H and O–H groups in total. The molecule has 4 nitrogen and oxygen atoms in total. The fraction of sp³-hybridized carbons (Fsp3) is 0.333. The summed E-state index contributed by atoms with van der Waals surface area (Å²) in [5.41, 5.74) is 1.19. The normalized spacial score (nSPS) is 10.5. The van der Waals surface area contributed by atoms with Crippen LogP contribution < -0.4 is 4.74 Å². The summed E-state index contributed by atoms with van der Waals surface area (Å²) in [5.74, 6) is 1.74. The van der Waals surface area contributed by atoms with Gasteiger partial charge in [0.15, 0.2) is 0 Å². The topological polar surface area (TPSA) is 42.8 Å². The maximum Gasteiger partial charge on any atom is 0.215 e. The van der Waals surface area contributed by atoms with Gasteiger partial charge in [-0.25, -0.2) is 4.98 Å². The van der Waals surface area contributed by atoms with Gasteiger partial charge in [0.25, 0.3) is 0 Å².